The Kier molecular flexibility index (Phi) is 3.25. The molecule has 0 spiro atoms. The molecule has 3 heteroatoms. The number of benzene rings is 2. The van der Waals surface area contributed by atoms with Crippen molar-refractivity contribution in [1.29, 1.82) is 0 Å². The fourth-order valence-corrected chi connectivity index (χ4v) is 2.30. The molecule has 1 aromatic heterocycles. The van der Waals surface area contributed by atoms with Gasteiger partial charge in [0, 0.05) is 23.7 Å². The van der Waals surface area contributed by atoms with Crippen molar-refractivity contribution in [1.82, 2.24) is 4.98 Å². The molecule has 0 radical (unpaired) electrons. The van der Waals surface area contributed by atoms with E-state index < -0.39 is 0 Å². The topological polar surface area (TPSA) is 34.2 Å². The minimum atomic E-state index is 0.836. The molecular formula is C17H16N2O. The van der Waals surface area contributed by atoms with Crippen LogP contribution in [0, 0.1) is 0 Å². The van der Waals surface area contributed by atoms with Crippen LogP contribution < -0.4 is 10.1 Å². The molecule has 0 bridgehead atoms. The number of hydrogen-bond acceptors (Lipinski definition) is 3. The molecular weight excluding hydrogens is 248 g/mol. The molecule has 2 aromatic carbocycles. The molecule has 3 nitrogen and oxygen atoms in total. The van der Waals surface area contributed by atoms with Crippen LogP contribution in [0.3, 0.4) is 0 Å². The van der Waals surface area contributed by atoms with Crippen molar-refractivity contribution < 1.29 is 4.74 Å². The number of nitrogens with one attached hydrogen (secondary N) is 1. The highest BCUT2D eigenvalue weighted by Crippen LogP contribution is 2.30. The highest BCUT2D eigenvalue weighted by atomic mass is 16.5. The van der Waals surface area contributed by atoms with Gasteiger partial charge in [0.05, 0.1) is 18.3 Å². The van der Waals surface area contributed by atoms with Gasteiger partial charge in [0.15, 0.2) is 0 Å². The molecule has 0 unspecified atom stereocenters. The van der Waals surface area contributed by atoms with Gasteiger partial charge in [-0.15, -0.1) is 0 Å². The zero-order valence-electron chi connectivity index (χ0n) is 11.6. The van der Waals surface area contributed by atoms with E-state index in [1.807, 2.05) is 43.4 Å². The zero-order valence-corrected chi connectivity index (χ0v) is 11.6. The van der Waals surface area contributed by atoms with Crippen molar-refractivity contribution in [2.75, 3.05) is 19.5 Å². The Labute approximate surface area is 118 Å². The lowest BCUT2D eigenvalue weighted by molar-refractivity contribution is 0.415. The van der Waals surface area contributed by atoms with E-state index in [0.29, 0.717) is 0 Å². The lowest BCUT2D eigenvalue weighted by Gasteiger charge is -2.10. The first-order valence-corrected chi connectivity index (χ1v) is 6.54. The van der Waals surface area contributed by atoms with E-state index in [1.54, 1.807) is 7.11 Å². The molecule has 0 aliphatic carbocycles. The predicted octanol–water partition coefficient (Wildman–Crippen LogP) is 3.95. The van der Waals surface area contributed by atoms with Crippen LogP contribution in [0.1, 0.15) is 0 Å². The number of anilines is 1. The maximum Gasteiger partial charge on any atom is 0.119 e. The van der Waals surface area contributed by atoms with E-state index in [1.165, 1.54) is 0 Å². The monoisotopic (exact) mass is 264 g/mol. The summed E-state index contributed by atoms with van der Waals surface area (Å²) in [4.78, 5) is 4.73. The highest BCUT2D eigenvalue weighted by Gasteiger charge is 2.07. The second-order valence-electron chi connectivity index (χ2n) is 4.55. The standard InChI is InChI=1S/C17H16N2O/c1-18-17-11-16(12-6-4-3-5-7-12)19-15-9-8-13(20-2)10-14(15)17/h3-11H,1-2H3,(H,18,19). The van der Waals surface area contributed by atoms with Gasteiger partial charge in [0.1, 0.15) is 5.75 Å². The van der Waals surface area contributed by atoms with Gasteiger partial charge >= 0.3 is 0 Å². The van der Waals surface area contributed by atoms with E-state index in [9.17, 15) is 0 Å². The zero-order chi connectivity index (χ0) is 13.9. The molecule has 100 valence electrons. The molecule has 1 heterocycles. The first-order chi connectivity index (χ1) is 9.81. The lowest BCUT2D eigenvalue weighted by atomic mass is 10.1. The maximum absolute atomic E-state index is 5.28. The van der Waals surface area contributed by atoms with Crippen LogP contribution in [0.2, 0.25) is 0 Å². The van der Waals surface area contributed by atoms with E-state index in [0.717, 1.165) is 33.6 Å². The molecule has 0 saturated heterocycles. The maximum atomic E-state index is 5.28. The summed E-state index contributed by atoms with van der Waals surface area (Å²) in [6.07, 6.45) is 0. The Morgan fingerprint density at radius 2 is 1.80 bits per heavy atom. The summed E-state index contributed by atoms with van der Waals surface area (Å²) in [5, 5.41) is 4.30. The van der Waals surface area contributed by atoms with Crippen molar-refractivity contribution in [3.8, 4) is 17.0 Å². The van der Waals surface area contributed by atoms with E-state index in [2.05, 4.69) is 23.5 Å². The lowest BCUT2D eigenvalue weighted by Crippen LogP contribution is -1.94. The number of ether oxygens (including phenoxy) is 1. The molecule has 3 rings (SSSR count). The summed E-state index contributed by atoms with van der Waals surface area (Å²) in [5.41, 5.74) is 4.08. The Hall–Kier alpha value is -2.55. The highest BCUT2D eigenvalue weighted by molar-refractivity contribution is 5.94. The summed E-state index contributed by atoms with van der Waals surface area (Å²) >= 11 is 0. The summed E-state index contributed by atoms with van der Waals surface area (Å²) in [7, 11) is 3.59. The molecule has 0 saturated carbocycles. The Morgan fingerprint density at radius 3 is 2.50 bits per heavy atom. The van der Waals surface area contributed by atoms with E-state index >= 15 is 0 Å². The SMILES string of the molecule is CNc1cc(-c2ccccc2)nc2ccc(OC)cc12. The number of fused-ring (bicyclic) bond motifs is 1. The first-order valence-electron chi connectivity index (χ1n) is 6.54. The Balaban J connectivity index is 2.22. The summed E-state index contributed by atoms with van der Waals surface area (Å²) < 4.78 is 5.28. The normalized spacial score (nSPS) is 10.5. The van der Waals surface area contributed by atoms with Crippen molar-refractivity contribution >= 4 is 16.6 Å². The van der Waals surface area contributed by atoms with Crippen molar-refractivity contribution in [2.24, 2.45) is 0 Å². The predicted molar refractivity (Wildman–Crippen MR) is 83.3 cm³/mol. The van der Waals surface area contributed by atoms with Crippen LogP contribution in [-0.4, -0.2) is 19.1 Å². The van der Waals surface area contributed by atoms with Crippen molar-refractivity contribution in [3.63, 3.8) is 0 Å². The Morgan fingerprint density at radius 1 is 1.00 bits per heavy atom. The molecule has 0 amide bonds. The largest absolute Gasteiger partial charge is 0.497 e. The minimum Gasteiger partial charge on any atom is -0.497 e. The number of aromatic nitrogens is 1. The van der Waals surface area contributed by atoms with E-state index in [4.69, 9.17) is 9.72 Å². The molecule has 0 atom stereocenters. The van der Waals surface area contributed by atoms with E-state index in [-0.39, 0.29) is 0 Å². The second-order valence-corrected chi connectivity index (χ2v) is 4.55. The Bertz CT molecular complexity index is 739. The summed E-state index contributed by atoms with van der Waals surface area (Å²) in [5.74, 6) is 0.836. The smallest absolute Gasteiger partial charge is 0.119 e. The fourth-order valence-electron chi connectivity index (χ4n) is 2.30. The summed E-state index contributed by atoms with van der Waals surface area (Å²) in [6, 6.07) is 18.2. The molecule has 3 aromatic rings. The van der Waals surface area contributed by atoms with Gasteiger partial charge in [-0.2, -0.15) is 0 Å². The van der Waals surface area contributed by atoms with Gasteiger partial charge < -0.3 is 10.1 Å². The van der Waals surface area contributed by atoms with Crippen LogP contribution in [0.5, 0.6) is 5.75 Å². The van der Waals surface area contributed by atoms with Crippen LogP contribution >= 0.6 is 0 Å². The molecule has 1 N–H and O–H groups in total. The molecule has 20 heavy (non-hydrogen) atoms. The fraction of sp³-hybridized carbons (Fsp3) is 0.118. The van der Waals surface area contributed by atoms with Gasteiger partial charge in [0.2, 0.25) is 0 Å². The number of hydrogen-bond donors (Lipinski definition) is 1. The number of methoxy groups -OCH3 is 1. The quantitative estimate of drug-likeness (QED) is 0.777. The van der Waals surface area contributed by atoms with Crippen LogP contribution in [-0.2, 0) is 0 Å². The minimum absolute atomic E-state index is 0.836. The first kappa shape index (κ1) is 12.5. The summed E-state index contributed by atoms with van der Waals surface area (Å²) in [6.45, 7) is 0. The average molecular weight is 264 g/mol. The number of nitrogens with zero attached hydrogens (tertiary/aromatic N) is 1. The van der Waals surface area contributed by atoms with Gasteiger partial charge in [-0.3, -0.25) is 0 Å². The molecule has 0 aliphatic heterocycles. The average Bonchev–Trinajstić information content (AvgIpc) is 2.54. The third-order valence-electron chi connectivity index (χ3n) is 3.35. The number of pyridine rings is 1. The third-order valence-corrected chi connectivity index (χ3v) is 3.35. The van der Waals surface area contributed by atoms with Crippen LogP contribution in [0.4, 0.5) is 5.69 Å². The van der Waals surface area contributed by atoms with Crippen molar-refractivity contribution in [2.45, 2.75) is 0 Å². The third kappa shape index (κ3) is 2.18. The van der Waals surface area contributed by atoms with Gasteiger partial charge in [-0.05, 0) is 24.3 Å². The van der Waals surface area contributed by atoms with Crippen molar-refractivity contribution in [3.05, 3.63) is 54.6 Å². The number of rotatable bonds is 3. The van der Waals surface area contributed by atoms with Gasteiger partial charge in [0.25, 0.3) is 0 Å². The second kappa shape index (κ2) is 5.21. The van der Waals surface area contributed by atoms with Gasteiger partial charge in [-0.25, -0.2) is 4.98 Å². The van der Waals surface area contributed by atoms with Gasteiger partial charge in [-0.1, -0.05) is 30.3 Å². The van der Waals surface area contributed by atoms with Crippen LogP contribution in [0.15, 0.2) is 54.6 Å². The molecule has 0 fully saturated rings. The van der Waals surface area contributed by atoms with Crippen LogP contribution in [0.25, 0.3) is 22.2 Å². The molecule has 0 aliphatic rings.